The van der Waals surface area contributed by atoms with Gasteiger partial charge in [0.15, 0.2) is 5.78 Å². The summed E-state index contributed by atoms with van der Waals surface area (Å²) in [5.74, 6) is 0.0937. The quantitative estimate of drug-likeness (QED) is 0.515. The Balaban J connectivity index is 2.53. The molecule has 0 aromatic heterocycles. The van der Waals surface area contributed by atoms with E-state index in [1.54, 1.807) is 0 Å². The van der Waals surface area contributed by atoms with E-state index in [1.165, 1.54) is 16.7 Å². The van der Waals surface area contributed by atoms with Crippen LogP contribution in [0.15, 0.2) is 46.1 Å². The van der Waals surface area contributed by atoms with Gasteiger partial charge in [-0.25, -0.2) is 0 Å². The largest absolute Gasteiger partial charge is 0.388 e. The molecule has 0 unspecified atom stereocenters. The third-order valence-electron chi connectivity index (χ3n) is 5.73. The number of aliphatic hydroxyl groups is 1. The maximum Gasteiger partial charge on any atom is 0.161 e. The highest BCUT2D eigenvalue weighted by Gasteiger charge is 2.36. The van der Waals surface area contributed by atoms with E-state index in [4.69, 9.17) is 0 Å². The third kappa shape index (κ3) is 6.72. The Bertz CT molecular complexity index is 612. The van der Waals surface area contributed by atoms with Gasteiger partial charge in [-0.15, -0.1) is 0 Å². The number of allylic oxidation sites excluding steroid dienone is 7. The minimum Gasteiger partial charge on any atom is -0.388 e. The highest BCUT2D eigenvalue weighted by Crippen LogP contribution is 2.34. The normalized spacial score (nSPS) is 24.9. The highest BCUT2D eigenvalue weighted by atomic mass is 16.3. The first-order chi connectivity index (χ1) is 12.1. The van der Waals surface area contributed by atoms with Crippen LogP contribution in [-0.4, -0.2) is 17.0 Å². The molecule has 1 aliphatic rings. The summed E-state index contributed by atoms with van der Waals surface area (Å²) in [5.41, 5.74) is 5.77. The number of carbonyl (C=O) groups is 1. The zero-order valence-corrected chi connectivity index (χ0v) is 17.9. The van der Waals surface area contributed by atoms with E-state index < -0.39 is 6.10 Å². The summed E-state index contributed by atoms with van der Waals surface area (Å²) in [6.07, 6.45) is 11.5. The van der Waals surface area contributed by atoms with Crippen LogP contribution in [0, 0.1) is 11.8 Å². The van der Waals surface area contributed by atoms with Crippen molar-refractivity contribution in [3.05, 3.63) is 46.1 Å². The van der Waals surface area contributed by atoms with Gasteiger partial charge in [0.1, 0.15) is 0 Å². The third-order valence-corrected chi connectivity index (χ3v) is 5.73. The molecule has 1 N–H and O–H groups in total. The molecule has 0 fully saturated rings. The minimum absolute atomic E-state index is 0.00231. The fourth-order valence-corrected chi connectivity index (χ4v) is 3.56. The molecule has 0 amide bonds. The SMILES string of the molecule is CC(C)=CCC/C(C)=C/CC/C(C)=C/C[C@@H]1[C@@H](C)C(=O)C(C)=C(C)[C@@H]1O. The summed E-state index contributed by atoms with van der Waals surface area (Å²) in [4.78, 5) is 12.3. The van der Waals surface area contributed by atoms with Gasteiger partial charge in [0, 0.05) is 11.8 Å². The first-order valence-electron chi connectivity index (χ1n) is 9.99. The Morgan fingerprint density at radius 1 is 0.962 bits per heavy atom. The van der Waals surface area contributed by atoms with Crippen molar-refractivity contribution in [2.75, 3.05) is 0 Å². The second-order valence-corrected chi connectivity index (χ2v) is 8.27. The lowest BCUT2D eigenvalue weighted by molar-refractivity contribution is -0.122. The molecule has 0 radical (unpaired) electrons. The Kier molecular flexibility index (Phi) is 9.29. The number of ketones is 1. The maximum atomic E-state index is 12.3. The van der Waals surface area contributed by atoms with Crippen molar-refractivity contribution in [2.45, 2.75) is 86.7 Å². The van der Waals surface area contributed by atoms with Crippen molar-refractivity contribution in [1.82, 2.24) is 0 Å². The number of carbonyl (C=O) groups excluding carboxylic acids is 1. The molecule has 0 saturated heterocycles. The van der Waals surface area contributed by atoms with Crippen molar-refractivity contribution in [3.63, 3.8) is 0 Å². The van der Waals surface area contributed by atoms with Crippen LogP contribution >= 0.6 is 0 Å². The molecule has 3 atom stereocenters. The average molecular weight is 359 g/mol. The van der Waals surface area contributed by atoms with Gasteiger partial charge in [-0.3, -0.25) is 4.79 Å². The summed E-state index contributed by atoms with van der Waals surface area (Å²) in [6, 6.07) is 0. The lowest BCUT2D eigenvalue weighted by Crippen LogP contribution is -2.37. The van der Waals surface area contributed by atoms with Gasteiger partial charge in [0.05, 0.1) is 6.10 Å². The molecule has 0 aromatic rings. The van der Waals surface area contributed by atoms with Crippen LogP contribution in [0.4, 0.5) is 0 Å². The molecule has 0 aromatic carbocycles. The molecule has 2 nitrogen and oxygen atoms in total. The molecule has 0 aliphatic heterocycles. The summed E-state index contributed by atoms with van der Waals surface area (Å²) >= 11 is 0. The molecular weight excluding hydrogens is 320 g/mol. The first kappa shape index (κ1) is 22.6. The fourth-order valence-electron chi connectivity index (χ4n) is 3.56. The van der Waals surface area contributed by atoms with Crippen LogP contribution in [0.25, 0.3) is 0 Å². The van der Waals surface area contributed by atoms with E-state index in [0.717, 1.165) is 43.3 Å². The number of aliphatic hydroxyl groups excluding tert-OH is 1. The topological polar surface area (TPSA) is 37.3 Å². The lowest BCUT2D eigenvalue weighted by atomic mass is 9.73. The zero-order valence-electron chi connectivity index (χ0n) is 17.9. The molecule has 0 spiro atoms. The van der Waals surface area contributed by atoms with Crippen molar-refractivity contribution in [1.29, 1.82) is 0 Å². The van der Waals surface area contributed by atoms with Crippen LogP contribution < -0.4 is 0 Å². The van der Waals surface area contributed by atoms with Gasteiger partial charge in [-0.05, 0) is 84.8 Å². The van der Waals surface area contributed by atoms with Crippen LogP contribution in [0.5, 0.6) is 0 Å². The number of Topliss-reactive ketones (excluding diaryl/α,β-unsaturated/α-hetero) is 1. The van der Waals surface area contributed by atoms with Gasteiger partial charge in [-0.1, -0.05) is 41.9 Å². The number of rotatable bonds is 8. The Morgan fingerprint density at radius 2 is 1.50 bits per heavy atom. The number of hydrogen-bond acceptors (Lipinski definition) is 2. The van der Waals surface area contributed by atoms with E-state index in [-0.39, 0.29) is 17.6 Å². The van der Waals surface area contributed by atoms with Crippen molar-refractivity contribution in [3.8, 4) is 0 Å². The van der Waals surface area contributed by atoms with E-state index in [9.17, 15) is 9.90 Å². The predicted molar refractivity (Wildman–Crippen MR) is 112 cm³/mol. The van der Waals surface area contributed by atoms with Crippen molar-refractivity contribution < 1.29 is 9.90 Å². The Morgan fingerprint density at radius 3 is 2.08 bits per heavy atom. The van der Waals surface area contributed by atoms with E-state index in [2.05, 4.69) is 45.9 Å². The van der Waals surface area contributed by atoms with Crippen LogP contribution in [0.3, 0.4) is 0 Å². The predicted octanol–water partition coefficient (Wildman–Crippen LogP) is 6.33. The maximum absolute atomic E-state index is 12.3. The molecule has 1 aliphatic carbocycles. The van der Waals surface area contributed by atoms with E-state index in [0.29, 0.717) is 0 Å². The Labute approximate surface area is 160 Å². The standard InChI is InChI=1S/C24H38O2/c1-16(2)10-8-11-17(3)12-9-13-18(4)14-15-22-21(7)23(25)19(5)20(6)24(22)26/h10,12,14,21-22,24,26H,8-9,11,13,15H2,1-7H3/b17-12+,18-14+/t21-,22-,24+/m1/s1. The summed E-state index contributed by atoms with van der Waals surface area (Å²) in [6.45, 7) is 14.3. The monoisotopic (exact) mass is 358 g/mol. The molecule has 0 bridgehead atoms. The molecule has 2 heteroatoms. The second kappa shape index (κ2) is 10.7. The van der Waals surface area contributed by atoms with E-state index in [1.807, 2.05) is 20.8 Å². The zero-order chi connectivity index (χ0) is 19.9. The molecule has 1 rings (SSSR count). The molecule has 0 saturated carbocycles. The smallest absolute Gasteiger partial charge is 0.161 e. The van der Waals surface area contributed by atoms with Gasteiger partial charge in [-0.2, -0.15) is 0 Å². The first-order valence-corrected chi connectivity index (χ1v) is 9.99. The van der Waals surface area contributed by atoms with Gasteiger partial charge in [0.2, 0.25) is 0 Å². The molecular formula is C24H38O2. The molecule has 26 heavy (non-hydrogen) atoms. The fraction of sp³-hybridized carbons (Fsp3) is 0.625. The number of hydrogen-bond donors (Lipinski definition) is 1. The average Bonchev–Trinajstić information content (AvgIpc) is 2.58. The lowest BCUT2D eigenvalue weighted by Gasteiger charge is -2.33. The van der Waals surface area contributed by atoms with Crippen molar-refractivity contribution in [2.24, 2.45) is 11.8 Å². The summed E-state index contributed by atoms with van der Waals surface area (Å²) in [5, 5.41) is 10.5. The van der Waals surface area contributed by atoms with Crippen molar-refractivity contribution >= 4 is 5.78 Å². The van der Waals surface area contributed by atoms with Crippen LogP contribution in [0.1, 0.15) is 80.6 Å². The van der Waals surface area contributed by atoms with Crippen LogP contribution in [-0.2, 0) is 4.79 Å². The van der Waals surface area contributed by atoms with E-state index >= 15 is 0 Å². The second-order valence-electron chi connectivity index (χ2n) is 8.27. The molecule has 0 heterocycles. The summed E-state index contributed by atoms with van der Waals surface area (Å²) < 4.78 is 0. The van der Waals surface area contributed by atoms with Crippen LogP contribution in [0.2, 0.25) is 0 Å². The highest BCUT2D eigenvalue weighted by molar-refractivity contribution is 5.98. The minimum atomic E-state index is -0.496. The molecule has 146 valence electrons. The van der Waals surface area contributed by atoms with Gasteiger partial charge in [0.25, 0.3) is 0 Å². The van der Waals surface area contributed by atoms with Gasteiger partial charge >= 0.3 is 0 Å². The summed E-state index contributed by atoms with van der Waals surface area (Å²) in [7, 11) is 0. The Hall–Kier alpha value is -1.41. The van der Waals surface area contributed by atoms with Gasteiger partial charge < -0.3 is 5.11 Å².